The maximum atomic E-state index is 12.0. The molecule has 124 valence electrons. The van der Waals surface area contributed by atoms with Gasteiger partial charge in [0, 0.05) is 13.6 Å². The van der Waals surface area contributed by atoms with E-state index in [4.69, 9.17) is 5.14 Å². The number of nitrogens with one attached hydrogen (secondary N) is 1. The smallest absolute Gasteiger partial charge is 0.329 e. The summed E-state index contributed by atoms with van der Waals surface area (Å²) < 4.78 is 58.1. The molecule has 0 aliphatic carbocycles. The minimum atomic E-state index is -4.48. The zero-order valence-corrected chi connectivity index (χ0v) is 12.5. The number of carbonyl (C=O) groups excluding carboxylic acids is 1. The number of alkyl halides is 3. The Bertz CT molecular complexity index is 632. The number of sulfonamides is 1. The number of amides is 2. The summed E-state index contributed by atoms with van der Waals surface area (Å²) in [5.74, 6) is -0.356. The fourth-order valence-corrected chi connectivity index (χ4v) is 2.35. The number of benzene rings is 1. The van der Waals surface area contributed by atoms with Gasteiger partial charge in [0.05, 0.1) is 5.75 Å². The molecule has 3 N–H and O–H groups in total. The molecule has 0 aliphatic rings. The molecule has 0 spiro atoms. The monoisotopic (exact) mass is 339 g/mol. The highest BCUT2D eigenvalue weighted by Gasteiger charge is 2.28. The summed E-state index contributed by atoms with van der Waals surface area (Å²) >= 11 is 0. The molecule has 6 nitrogen and oxygen atoms in total. The van der Waals surface area contributed by atoms with Crippen molar-refractivity contribution >= 4 is 16.1 Å². The third-order valence-corrected chi connectivity index (χ3v) is 3.30. The fraction of sp³-hybridized carbons (Fsp3) is 0.417. The standard InChI is InChI=1S/C12H16F3N3O3S/c1-18(11(19)17-8-12(13,14)15)6-9-3-2-4-10(5-9)7-22(16,20)21/h2-5H,6-8H2,1H3,(H,17,19)(H2,16,20,21). The Morgan fingerprint density at radius 1 is 1.32 bits per heavy atom. The molecule has 2 amide bonds. The van der Waals surface area contributed by atoms with Gasteiger partial charge in [-0.15, -0.1) is 0 Å². The average Bonchev–Trinajstić information content (AvgIpc) is 2.33. The van der Waals surface area contributed by atoms with Crippen LogP contribution in [0.15, 0.2) is 24.3 Å². The number of carbonyl (C=O) groups is 1. The Hall–Kier alpha value is -1.81. The molecule has 10 heteroatoms. The van der Waals surface area contributed by atoms with Crippen LogP contribution in [0.4, 0.5) is 18.0 Å². The number of nitrogens with zero attached hydrogens (tertiary/aromatic N) is 1. The van der Waals surface area contributed by atoms with Crippen LogP contribution in [-0.2, 0) is 22.3 Å². The zero-order chi connectivity index (χ0) is 17.0. The van der Waals surface area contributed by atoms with Crippen LogP contribution in [-0.4, -0.2) is 39.1 Å². The molecule has 0 fully saturated rings. The van der Waals surface area contributed by atoms with E-state index < -0.39 is 28.8 Å². The van der Waals surface area contributed by atoms with Crippen molar-refractivity contribution in [3.63, 3.8) is 0 Å². The lowest BCUT2D eigenvalue weighted by atomic mass is 10.1. The molecular formula is C12H16F3N3O3S. The normalized spacial score (nSPS) is 12.0. The second-order valence-corrected chi connectivity index (χ2v) is 6.37. The van der Waals surface area contributed by atoms with Crippen LogP contribution in [0.2, 0.25) is 0 Å². The lowest BCUT2D eigenvalue weighted by molar-refractivity contribution is -0.123. The third-order valence-electron chi connectivity index (χ3n) is 2.57. The molecule has 0 saturated heterocycles. The summed E-state index contributed by atoms with van der Waals surface area (Å²) in [5, 5.41) is 6.68. The Morgan fingerprint density at radius 3 is 2.45 bits per heavy atom. The van der Waals surface area contributed by atoms with Crippen LogP contribution in [0.1, 0.15) is 11.1 Å². The van der Waals surface area contributed by atoms with E-state index in [0.29, 0.717) is 11.1 Å². The number of hydrogen-bond donors (Lipinski definition) is 2. The number of rotatable bonds is 5. The topological polar surface area (TPSA) is 92.5 Å². The first-order valence-corrected chi connectivity index (χ1v) is 7.82. The summed E-state index contributed by atoms with van der Waals surface area (Å²) in [7, 11) is -2.35. The molecule has 0 bridgehead atoms. The van der Waals surface area contributed by atoms with Crippen molar-refractivity contribution in [2.24, 2.45) is 5.14 Å². The summed E-state index contributed by atoms with van der Waals surface area (Å²) in [6, 6.07) is 5.40. The van der Waals surface area contributed by atoms with Gasteiger partial charge in [0.1, 0.15) is 6.54 Å². The quantitative estimate of drug-likeness (QED) is 0.844. The molecule has 1 aromatic carbocycles. The van der Waals surface area contributed by atoms with Gasteiger partial charge in [-0.2, -0.15) is 13.2 Å². The van der Waals surface area contributed by atoms with E-state index in [9.17, 15) is 26.4 Å². The van der Waals surface area contributed by atoms with E-state index in [1.165, 1.54) is 13.1 Å². The van der Waals surface area contributed by atoms with Crippen LogP contribution >= 0.6 is 0 Å². The highest BCUT2D eigenvalue weighted by Crippen LogP contribution is 2.13. The lowest BCUT2D eigenvalue weighted by Crippen LogP contribution is -2.41. The van der Waals surface area contributed by atoms with Crippen molar-refractivity contribution in [2.75, 3.05) is 13.6 Å². The molecule has 0 radical (unpaired) electrons. The Morgan fingerprint density at radius 2 is 1.91 bits per heavy atom. The van der Waals surface area contributed by atoms with E-state index in [0.717, 1.165) is 4.90 Å². The third kappa shape index (κ3) is 7.27. The second-order valence-electron chi connectivity index (χ2n) is 4.76. The van der Waals surface area contributed by atoms with Gasteiger partial charge in [0.25, 0.3) is 0 Å². The van der Waals surface area contributed by atoms with Crippen molar-refractivity contribution in [1.82, 2.24) is 10.2 Å². The number of hydrogen-bond acceptors (Lipinski definition) is 3. The summed E-state index contributed by atoms with van der Waals surface area (Å²) in [4.78, 5) is 12.6. The van der Waals surface area contributed by atoms with Crippen molar-refractivity contribution in [3.05, 3.63) is 35.4 Å². The van der Waals surface area contributed by atoms with Crippen LogP contribution in [0.5, 0.6) is 0 Å². The van der Waals surface area contributed by atoms with Crippen LogP contribution in [0, 0.1) is 0 Å². The average molecular weight is 339 g/mol. The SMILES string of the molecule is CN(Cc1cccc(CS(N)(=O)=O)c1)C(=O)NCC(F)(F)F. The van der Waals surface area contributed by atoms with Gasteiger partial charge in [-0.25, -0.2) is 18.4 Å². The van der Waals surface area contributed by atoms with Crippen LogP contribution in [0.25, 0.3) is 0 Å². The zero-order valence-electron chi connectivity index (χ0n) is 11.7. The summed E-state index contributed by atoms with van der Waals surface area (Å²) in [6.07, 6.45) is -4.48. The molecule has 0 atom stereocenters. The minimum Gasteiger partial charge on any atom is -0.329 e. The van der Waals surface area contributed by atoms with Gasteiger partial charge in [-0.05, 0) is 11.1 Å². The van der Waals surface area contributed by atoms with Crippen molar-refractivity contribution in [2.45, 2.75) is 18.5 Å². The van der Waals surface area contributed by atoms with Gasteiger partial charge in [-0.3, -0.25) is 0 Å². The Balaban J connectivity index is 2.66. The summed E-state index contributed by atoms with van der Waals surface area (Å²) in [6.45, 7) is -1.39. The molecule has 0 saturated carbocycles. The minimum absolute atomic E-state index is 0.0299. The predicted molar refractivity (Wildman–Crippen MR) is 74.2 cm³/mol. The largest absolute Gasteiger partial charge is 0.405 e. The van der Waals surface area contributed by atoms with Gasteiger partial charge >= 0.3 is 12.2 Å². The number of nitrogens with two attached hydrogens (primary N) is 1. The first kappa shape index (κ1) is 18.2. The molecule has 0 heterocycles. The second kappa shape index (κ2) is 6.97. The van der Waals surface area contributed by atoms with E-state index in [1.54, 1.807) is 23.5 Å². The predicted octanol–water partition coefficient (Wildman–Crippen LogP) is 1.18. The maximum Gasteiger partial charge on any atom is 0.405 e. The van der Waals surface area contributed by atoms with E-state index in [-0.39, 0.29) is 12.3 Å². The van der Waals surface area contributed by atoms with Gasteiger partial charge < -0.3 is 10.2 Å². The highest BCUT2D eigenvalue weighted by molar-refractivity contribution is 7.88. The van der Waals surface area contributed by atoms with E-state index in [1.807, 2.05) is 0 Å². The molecule has 22 heavy (non-hydrogen) atoms. The first-order chi connectivity index (χ1) is 9.96. The van der Waals surface area contributed by atoms with E-state index >= 15 is 0 Å². The van der Waals surface area contributed by atoms with Crippen molar-refractivity contribution < 1.29 is 26.4 Å². The molecule has 0 aliphatic heterocycles. The first-order valence-electron chi connectivity index (χ1n) is 6.10. The summed E-state index contributed by atoms with van der Waals surface area (Å²) in [5.41, 5.74) is 1.01. The van der Waals surface area contributed by atoms with Gasteiger partial charge in [0.2, 0.25) is 10.0 Å². The molecule has 1 aromatic rings. The number of urea groups is 1. The molecule has 0 unspecified atom stereocenters. The lowest BCUT2D eigenvalue weighted by Gasteiger charge is -2.19. The maximum absolute atomic E-state index is 12.0. The molecule has 1 rings (SSSR count). The molecular weight excluding hydrogens is 323 g/mol. The Kier molecular flexibility index (Phi) is 5.78. The van der Waals surface area contributed by atoms with Crippen molar-refractivity contribution in [3.8, 4) is 0 Å². The Labute approximate surface area is 126 Å². The van der Waals surface area contributed by atoms with E-state index in [2.05, 4.69) is 0 Å². The number of halogens is 3. The van der Waals surface area contributed by atoms with Gasteiger partial charge in [0.15, 0.2) is 0 Å². The van der Waals surface area contributed by atoms with Crippen LogP contribution < -0.4 is 10.5 Å². The fourth-order valence-electron chi connectivity index (χ4n) is 1.71. The van der Waals surface area contributed by atoms with Gasteiger partial charge in [-0.1, -0.05) is 24.3 Å². The molecule has 0 aromatic heterocycles. The highest BCUT2D eigenvalue weighted by atomic mass is 32.2. The van der Waals surface area contributed by atoms with Crippen LogP contribution in [0.3, 0.4) is 0 Å². The number of primary sulfonamides is 1. The van der Waals surface area contributed by atoms with Crippen molar-refractivity contribution in [1.29, 1.82) is 0 Å².